The summed E-state index contributed by atoms with van der Waals surface area (Å²) in [4.78, 5) is 17.1. The van der Waals surface area contributed by atoms with Crippen molar-refractivity contribution in [2.75, 3.05) is 26.3 Å². The Kier molecular flexibility index (Phi) is 8.61. The molecule has 0 bridgehead atoms. The lowest BCUT2D eigenvalue weighted by Gasteiger charge is -2.26. The summed E-state index contributed by atoms with van der Waals surface area (Å²) in [5, 5.41) is 0. The Balaban J connectivity index is 1.64. The molecule has 0 atom stereocenters. The van der Waals surface area contributed by atoms with E-state index in [0.29, 0.717) is 38.5 Å². The smallest absolute Gasteiger partial charge is 0.343 e. The lowest BCUT2D eigenvalue weighted by molar-refractivity contribution is 0.00462. The molecule has 132 valence electrons. The van der Waals surface area contributed by atoms with Crippen LogP contribution in [0.4, 0.5) is 4.79 Å². The van der Waals surface area contributed by atoms with Crippen LogP contribution in [-0.4, -0.2) is 56.2 Å². The summed E-state index contributed by atoms with van der Waals surface area (Å²) in [6.45, 7) is 5.66. The molecule has 0 aromatic carbocycles. The number of urea groups is 1. The van der Waals surface area contributed by atoms with E-state index >= 15 is 0 Å². The minimum atomic E-state index is -0.274. The third kappa shape index (κ3) is 7.00. The summed E-state index contributed by atoms with van der Waals surface area (Å²) in [6.07, 6.45) is 13.0. The van der Waals surface area contributed by atoms with Crippen molar-refractivity contribution in [2.45, 2.75) is 76.4 Å². The van der Waals surface area contributed by atoms with E-state index in [1.165, 1.54) is 38.5 Å². The number of amides is 2. The first-order valence-corrected chi connectivity index (χ1v) is 9.28. The number of carbonyl (C=O) groups is 1. The molecular formula is C18H32N2O3. The van der Waals surface area contributed by atoms with Crippen molar-refractivity contribution in [3.8, 4) is 0 Å². The molecular weight excluding hydrogens is 292 g/mol. The van der Waals surface area contributed by atoms with Gasteiger partial charge in [-0.2, -0.15) is 0 Å². The highest BCUT2D eigenvalue weighted by atomic mass is 16.5. The van der Waals surface area contributed by atoms with Crippen LogP contribution in [0.2, 0.25) is 0 Å². The van der Waals surface area contributed by atoms with Crippen molar-refractivity contribution in [2.24, 2.45) is 4.99 Å². The third-order valence-corrected chi connectivity index (χ3v) is 4.94. The van der Waals surface area contributed by atoms with Gasteiger partial charge in [-0.05, 0) is 32.4 Å². The van der Waals surface area contributed by atoms with Gasteiger partial charge >= 0.3 is 6.03 Å². The van der Waals surface area contributed by atoms with Gasteiger partial charge in [-0.15, -0.1) is 0 Å². The predicted molar refractivity (Wildman–Crippen MR) is 92.2 cm³/mol. The molecule has 0 N–H and O–H groups in total. The van der Waals surface area contributed by atoms with Crippen LogP contribution in [0.5, 0.6) is 0 Å². The second-order valence-corrected chi connectivity index (χ2v) is 6.69. The van der Waals surface area contributed by atoms with E-state index in [0.717, 1.165) is 25.7 Å². The second-order valence-electron chi connectivity index (χ2n) is 6.69. The van der Waals surface area contributed by atoms with Crippen molar-refractivity contribution in [1.29, 1.82) is 0 Å². The zero-order valence-electron chi connectivity index (χ0n) is 14.4. The number of rotatable bonds is 8. The van der Waals surface area contributed by atoms with E-state index in [9.17, 15) is 4.79 Å². The van der Waals surface area contributed by atoms with E-state index in [1.54, 1.807) is 4.90 Å². The van der Waals surface area contributed by atoms with Gasteiger partial charge in [0.25, 0.3) is 0 Å². The molecule has 0 radical (unpaired) electrons. The largest absolute Gasteiger partial charge is 0.376 e. The minimum absolute atomic E-state index is 0.274. The van der Waals surface area contributed by atoms with E-state index in [1.807, 2.05) is 0 Å². The Morgan fingerprint density at radius 3 is 1.70 bits per heavy atom. The van der Waals surface area contributed by atoms with E-state index in [4.69, 9.17) is 9.47 Å². The van der Waals surface area contributed by atoms with Crippen LogP contribution in [0.15, 0.2) is 4.99 Å². The molecule has 0 heterocycles. The van der Waals surface area contributed by atoms with Gasteiger partial charge in [0.05, 0.1) is 25.4 Å². The summed E-state index contributed by atoms with van der Waals surface area (Å²) in [5.74, 6) is 0. The molecule has 2 saturated carbocycles. The number of aliphatic imine (C=N–C) groups is 1. The van der Waals surface area contributed by atoms with Crippen LogP contribution in [0.3, 0.4) is 0 Å². The quantitative estimate of drug-likeness (QED) is 0.638. The number of hydrogen-bond donors (Lipinski definition) is 0. The van der Waals surface area contributed by atoms with Gasteiger partial charge in [-0.25, -0.2) is 9.79 Å². The molecule has 0 aliphatic heterocycles. The molecule has 2 fully saturated rings. The molecule has 5 nitrogen and oxygen atoms in total. The fourth-order valence-corrected chi connectivity index (χ4v) is 3.53. The summed E-state index contributed by atoms with van der Waals surface area (Å²) < 4.78 is 11.8. The van der Waals surface area contributed by atoms with Crippen LogP contribution in [0.25, 0.3) is 0 Å². The number of hydrogen-bond acceptors (Lipinski definition) is 3. The van der Waals surface area contributed by atoms with Crippen LogP contribution < -0.4 is 0 Å². The van der Waals surface area contributed by atoms with E-state index in [2.05, 4.69) is 11.7 Å². The maximum Gasteiger partial charge on any atom is 0.343 e. The summed E-state index contributed by atoms with van der Waals surface area (Å²) in [6, 6.07) is -0.274. The summed E-state index contributed by atoms with van der Waals surface area (Å²) in [7, 11) is 0. The topological polar surface area (TPSA) is 51.1 Å². The Hall–Kier alpha value is -0.940. The standard InChI is InChI=1S/C18H32N2O3/c1-19-18(21)20(12-14-22-16-8-4-2-5-9-16)13-15-23-17-10-6-3-7-11-17/h16-17H,1-15H2. The predicted octanol–water partition coefficient (Wildman–Crippen LogP) is 3.81. The van der Waals surface area contributed by atoms with Crippen molar-refractivity contribution < 1.29 is 14.3 Å². The third-order valence-electron chi connectivity index (χ3n) is 4.94. The van der Waals surface area contributed by atoms with E-state index < -0.39 is 0 Å². The molecule has 5 heteroatoms. The van der Waals surface area contributed by atoms with Crippen LogP contribution >= 0.6 is 0 Å². The lowest BCUT2D eigenvalue weighted by Crippen LogP contribution is -2.36. The van der Waals surface area contributed by atoms with Gasteiger partial charge in [0.2, 0.25) is 0 Å². The monoisotopic (exact) mass is 324 g/mol. The Morgan fingerprint density at radius 1 is 0.870 bits per heavy atom. The van der Waals surface area contributed by atoms with Crippen molar-refractivity contribution in [3.63, 3.8) is 0 Å². The molecule has 2 aliphatic carbocycles. The molecule has 0 saturated heterocycles. The average Bonchev–Trinajstić information content (AvgIpc) is 2.61. The normalized spacial score (nSPS) is 20.3. The molecule has 2 rings (SSSR count). The number of nitrogens with zero attached hydrogens (tertiary/aromatic N) is 2. The first-order valence-electron chi connectivity index (χ1n) is 9.28. The fourth-order valence-electron chi connectivity index (χ4n) is 3.53. The SMILES string of the molecule is C=NC(=O)N(CCOC1CCCCC1)CCOC1CCCCC1. The Morgan fingerprint density at radius 2 is 1.30 bits per heavy atom. The number of ether oxygens (including phenoxy) is 2. The first-order chi connectivity index (χ1) is 11.3. The van der Waals surface area contributed by atoms with Crippen molar-refractivity contribution in [1.82, 2.24) is 4.90 Å². The molecule has 23 heavy (non-hydrogen) atoms. The highest BCUT2D eigenvalue weighted by Crippen LogP contribution is 2.21. The molecule has 2 amide bonds. The maximum atomic E-state index is 11.9. The van der Waals surface area contributed by atoms with Gasteiger partial charge in [-0.3, -0.25) is 0 Å². The van der Waals surface area contributed by atoms with Crippen molar-refractivity contribution in [3.05, 3.63) is 0 Å². The summed E-state index contributed by atoms with van der Waals surface area (Å²) in [5.41, 5.74) is 0. The molecule has 0 spiro atoms. The Bertz CT molecular complexity index is 326. The second kappa shape index (κ2) is 10.8. The summed E-state index contributed by atoms with van der Waals surface area (Å²) >= 11 is 0. The average molecular weight is 324 g/mol. The maximum absolute atomic E-state index is 11.9. The zero-order chi connectivity index (χ0) is 16.3. The first kappa shape index (κ1) is 18.4. The van der Waals surface area contributed by atoms with Crippen LogP contribution in [-0.2, 0) is 9.47 Å². The van der Waals surface area contributed by atoms with Gasteiger partial charge in [0.1, 0.15) is 0 Å². The van der Waals surface area contributed by atoms with Gasteiger partial charge in [0.15, 0.2) is 0 Å². The van der Waals surface area contributed by atoms with E-state index in [-0.39, 0.29) is 6.03 Å². The zero-order valence-corrected chi connectivity index (χ0v) is 14.4. The molecule has 0 aromatic rings. The number of carbonyl (C=O) groups excluding carboxylic acids is 1. The van der Waals surface area contributed by atoms with Gasteiger partial charge in [-0.1, -0.05) is 38.5 Å². The van der Waals surface area contributed by atoms with Gasteiger partial charge < -0.3 is 14.4 Å². The van der Waals surface area contributed by atoms with Crippen LogP contribution in [0, 0.1) is 0 Å². The lowest BCUT2D eigenvalue weighted by atomic mass is 9.98. The molecule has 0 aromatic heterocycles. The minimum Gasteiger partial charge on any atom is -0.376 e. The van der Waals surface area contributed by atoms with Crippen molar-refractivity contribution >= 4 is 12.7 Å². The highest BCUT2D eigenvalue weighted by Gasteiger charge is 2.17. The van der Waals surface area contributed by atoms with Crippen LogP contribution in [0.1, 0.15) is 64.2 Å². The highest BCUT2D eigenvalue weighted by molar-refractivity contribution is 5.78. The Labute approximate surface area is 140 Å². The molecule has 2 aliphatic rings. The fraction of sp³-hybridized carbons (Fsp3) is 0.889. The van der Waals surface area contributed by atoms with Gasteiger partial charge in [0, 0.05) is 13.1 Å². The molecule has 0 unspecified atom stereocenters.